The van der Waals surface area contributed by atoms with Crippen molar-refractivity contribution >= 4 is 35.8 Å². The van der Waals surface area contributed by atoms with Crippen LogP contribution in [-0.4, -0.2) is 92.0 Å². The number of guanidine groups is 1. The summed E-state index contributed by atoms with van der Waals surface area (Å²) in [7, 11) is 1.82. The summed E-state index contributed by atoms with van der Waals surface area (Å²) in [6, 6.07) is 11.1. The fourth-order valence-electron chi connectivity index (χ4n) is 4.51. The molecule has 1 unspecified atom stereocenters. The molecule has 2 heterocycles. The van der Waals surface area contributed by atoms with Crippen LogP contribution < -0.4 is 10.6 Å². The van der Waals surface area contributed by atoms with Crippen LogP contribution in [0.25, 0.3) is 0 Å². The van der Waals surface area contributed by atoms with Crippen LogP contribution in [0.15, 0.2) is 35.3 Å². The van der Waals surface area contributed by atoms with Crippen LogP contribution in [0, 0.1) is 5.92 Å². The van der Waals surface area contributed by atoms with Crippen molar-refractivity contribution in [2.45, 2.75) is 45.7 Å². The van der Waals surface area contributed by atoms with Gasteiger partial charge in [-0.2, -0.15) is 0 Å². The first kappa shape index (κ1) is 27.9. The van der Waals surface area contributed by atoms with Gasteiger partial charge in [-0.1, -0.05) is 44.2 Å². The molecule has 1 aromatic carbocycles. The van der Waals surface area contributed by atoms with Gasteiger partial charge in [0.05, 0.1) is 0 Å². The summed E-state index contributed by atoms with van der Waals surface area (Å²) >= 11 is 0. The van der Waals surface area contributed by atoms with Gasteiger partial charge in [-0.3, -0.25) is 14.7 Å². The largest absolute Gasteiger partial charge is 0.356 e. The molecule has 0 aromatic heterocycles. The van der Waals surface area contributed by atoms with Gasteiger partial charge < -0.3 is 20.4 Å². The Hall–Kier alpha value is -1.39. The maximum Gasteiger partial charge on any atom is 0.225 e. The number of carbonyl (C=O) groups excluding carboxylic acids is 1. The lowest BCUT2D eigenvalue weighted by molar-refractivity contribution is -0.133. The van der Waals surface area contributed by atoms with Crippen LogP contribution in [0.1, 0.15) is 38.7 Å². The third kappa shape index (κ3) is 9.41. The highest BCUT2D eigenvalue weighted by molar-refractivity contribution is 14.0. The van der Waals surface area contributed by atoms with Crippen molar-refractivity contribution in [1.29, 1.82) is 0 Å². The molecule has 0 aliphatic carbocycles. The maximum absolute atomic E-state index is 12.2. The van der Waals surface area contributed by atoms with Crippen LogP contribution in [0.2, 0.25) is 0 Å². The number of piperazine rings is 1. The highest BCUT2D eigenvalue weighted by Crippen LogP contribution is 2.13. The zero-order valence-electron chi connectivity index (χ0n) is 20.6. The smallest absolute Gasteiger partial charge is 0.225 e. The minimum absolute atomic E-state index is 0. The number of carbonyl (C=O) groups is 1. The fraction of sp³-hybridized carbons (Fsp3) is 0.680. The molecule has 2 aliphatic rings. The quantitative estimate of drug-likeness (QED) is 0.207. The van der Waals surface area contributed by atoms with Crippen molar-refractivity contribution in [2.24, 2.45) is 10.9 Å². The number of amides is 1. The Morgan fingerprint density at radius 3 is 2.42 bits per heavy atom. The van der Waals surface area contributed by atoms with E-state index in [2.05, 4.69) is 55.8 Å². The molecule has 8 heteroatoms. The predicted molar refractivity (Wildman–Crippen MR) is 147 cm³/mol. The van der Waals surface area contributed by atoms with Gasteiger partial charge in [0.1, 0.15) is 0 Å². The third-order valence-electron chi connectivity index (χ3n) is 6.47. The number of hydrogen-bond donors (Lipinski definition) is 2. The molecule has 3 rings (SSSR count). The van der Waals surface area contributed by atoms with E-state index in [1.807, 2.05) is 25.8 Å². The Kier molecular flexibility index (Phi) is 12.5. The zero-order chi connectivity index (χ0) is 22.8. The zero-order valence-corrected chi connectivity index (χ0v) is 23.0. The highest BCUT2D eigenvalue weighted by Gasteiger charge is 2.27. The number of likely N-dealkylation sites (tertiary alicyclic amines) is 1. The van der Waals surface area contributed by atoms with Crippen LogP contribution in [0.4, 0.5) is 0 Å². The van der Waals surface area contributed by atoms with Crippen molar-refractivity contribution in [3.63, 3.8) is 0 Å². The van der Waals surface area contributed by atoms with Gasteiger partial charge >= 0.3 is 0 Å². The number of nitrogens with one attached hydrogen (secondary N) is 2. The summed E-state index contributed by atoms with van der Waals surface area (Å²) in [4.78, 5) is 23.6. The van der Waals surface area contributed by atoms with Gasteiger partial charge in [-0.15, -0.1) is 24.0 Å². The van der Waals surface area contributed by atoms with Crippen LogP contribution in [-0.2, 0) is 11.3 Å². The maximum atomic E-state index is 12.2. The first-order valence-electron chi connectivity index (χ1n) is 12.3. The van der Waals surface area contributed by atoms with Crippen molar-refractivity contribution in [1.82, 2.24) is 25.3 Å². The van der Waals surface area contributed by atoms with Gasteiger partial charge in [-0.25, -0.2) is 0 Å². The number of rotatable bonds is 9. The third-order valence-corrected chi connectivity index (χ3v) is 6.47. The lowest BCUT2D eigenvalue weighted by atomic mass is 10.2. The molecule has 186 valence electrons. The lowest BCUT2D eigenvalue weighted by Gasteiger charge is -2.34. The number of nitrogens with zero attached hydrogens (tertiary/aromatic N) is 4. The average Bonchev–Trinajstić information content (AvgIpc) is 3.27. The normalized spacial score (nSPS) is 20.1. The second kappa shape index (κ2) is 14.8. The standard InChI is InChI=1S/C25H42N6O.HI/c1-21(2)24(32)31-14-11-23(20-31)28-25(26-3)27-12-7-8-13-29-15-17-30(18-16-29)19-22-9-5-4-6-10-22;/h4-6,9-10,21,23H,7-8,11-20H2,1-3H3,(H2,26,27,28);1H. The molecule has 1 atom stereocenters. The molecule has 2 saturated heterocycles. The van der Waals surface area contributed by atoms with Crippen LogP contribution >= 0.6 is 24.0 Å². The van der Waals surface area contributed by atoms with Crippen LogP contribution in [0.3, 0.4) is 0 Å². The molecule has 2 fully saturated rings. The topological polar surface area (TPSA) is 63.2 Å². The molecule has 0 bridgehead atoms. The molecule has 0 saturated carbocycles. The Labute approximate surface area is 217 Å². The molecule has 0 spiro atoms. The molecular weight excluding hydrogens is 527 g/mol. The van der Waals surface area contributed by atoms with Crippen molar-refractivity contribution in [3.05, 3.63) is 35.9 Å². The lowest BCUT2D eigenvalue weighted by Crippen LogP contribution is -2.46. The van der Waals surface area contributed by atoms with Gasteiger partial charge in [0, 0.05) is 71.4 Å². The summed E-state index contributed by atoms with van der Waals surface area (Å²) in [5, 5.41) is 6.93. The predicted octanol–water partition coefficient (Wildman–Crippen LogP) is 2.62. The Morgan fingerprint density at radius 1 is 1.06 bits per heavy atom. The van der Waals surface area contributed by atoms with E-state index in [4.69, 9.17) is 0 Å². The van der Waals surface area contributed by atoms with Crippen molar-refractivity contribution in [2.75, 3.05) is 59.4 Å². The molecule has 1 amide bonds. The molecular formula is C25H43IN6O. The number of hydrogen-bond acceptors (Lipinski definition) is 4. The van der Waals surface area contributed by atoms with Gasteiger partial charge in [-0.05, 0) is 31.4 Å². The Bertz CT molecular complexity index is 721. The first-order chi connectivity index (χ1) is 15.5. The van der Waals surface area contributed by atoms with E-state index in [1.54, 1.807) is 0 Å². The second-order valence-corrected chi connectivity index (χ2v) is 9.38. The molecule has 2 aliphatic heterocycles. The van der Waals surface area contributed by atoms with E-state index in [0.717, 1.165) is 71.2 Å². The number of unbranched alkanes of at least 4 members (excludes halogenated alkanes) is 1. The van der Waals surface area contributed by atoms with Gasteiger partial charge in [0.2, 0.25) is 5.91 Å². The molecule has 1 aromatic rings. The number of aliphatic imine (C=N–C) groups is 1. The molecule has 7 nitrogen and oxygen atoms in total. The monoisotopic (exact) mass is 570 g/mol. The summed E-state index contributed by atoms with van der Waals surface area (Å²) < 4.78 is 0. The number of halogens is 1. The fourth-order valence-corrected chi connectivity index (χ4v) is 4.51. The Morgan fingerprint density at radius 2 is 1.76 bits per heavy atom. The summed E-state index contributed by atoms with van der Waals surface area (Å²) in [5.41, 5.74) is 1.41. The van der Waals surface area contributed by atoms with E-state index < -0.39 is 0 Å². The molecule has 2 N–H and O–H groups in total. The van der Waals surface area contributed by atoms with E-state index in [9.17, 15) is 4.79 Å². The summed E-state index contributed by atoms with van der Waals surface area (Å²) in [5.74, 6) is 1.17. The summed E-state index contributed by atoms with van der Waals surface area (Å²) in [6.45, 7) is 13.3. The van der Waals surface area contributed by atoms with Crippen molar-refractivity contribution in [3.8, 4) is 0 Å². The van der Waals surface area contributed by atoms with Crippen LogP contribution in [0.5, 0.6) is 0 Å². The molecule has 0 radical (unpaired) electrons. The van der Waals surface area contributed by atoms with E-state index >= 15 is 0 Å². The van der Waals surface area contributed by atoms with E-state index in [-0.39, 0.29) is 41.8 Å². The SMILES string of the molecule is CN=C(NCCCCN1CCN(Cc2ccccc2)CC1)NC1CCN(C(=O)C(C)C)C1.I. The average molecular weight is 571 g/mol. The number of benzene rings is 1. The minimum atomic E-state index is 0. The van der Waals surface area contributed by atoms with Gasteiger partial charge in [0.25, 0.3) is 0 Å². The van der Waals surface area contributed by atoms with Crippen molar-refractivity contribution < 1.29 is 4.79 Å². The first-order valence-corrected chi connectivity index (χ1v) is 12.3. The minimum Gasteiger partial charge on any atom is -0.356 e. The highest BCUT2D eigenvalue weighted by atomic mass is 127. The van der Waals surface area contributed by atoms with E-state index in [1.165, 1.54) is 18.5 Å². The Balaban J connectivity index is 0.00000385. The van der Waals surface area contributed by atoms with Gasteiger partial charge in [0.15, 0.2) is 5.96 Å². The second-order valence-electron chi connectivity index (χ2n) is 9.38. The van der Waals surface area contributed by atoms with E-state index in [0.29, 0.717) is 0 Å². The molecule has 33 heavy (non-hydrogen) atoms. The summed E-state index contributed by atoms with van der Waals surface area (Å²) in [6.07, 6.45) is 3.31.